The van der Waals surface area contributed by atoms with E-state index in [4.69, 9.17) is 9.47 Å². The van der Waals surface area contributed by atoms with Crippen molar-refractivity contribution < 1.29 is 19.1 Å². The predicted molar refractivity (Wildman–Crippen MR) is 135 cm³/mol. The van der Waals surface area contributed by atoms with E-state index < -0.39 is 0 Å². The minimum atomic E-state index is -0.295. The standard InChI is InChI=1S/C28H29N3O4/c1-19(27(32)30-24-10-6-5-9-23(24)20-7-3-2-4-8-20)31-15-13-21(14-16-31)28(33)29-22-11-12-25-26(17-22)35-18-34-25/h2-12,17,19,21H,13-16,18H2,1H3,(H,29,33)(H,30,32)/t19-/m0/s1. The van der Waals surface area contributed by atoms with Gasteiger partial charge in [-0.3, -0.25) is 14.5 Å². The van der Waals surface area contributed by atoms with Crippen molar-refractivity contribution >= 4 is 23.2 Å². The van der Waals surface area contributed by atoms with Crippen LogP contribution in [0.3, 0.4) is 0 Å². The lowest BCUT2D eigenvalue weighted by molar-refractivity contribution is -0.123. The van der Waals surface area contributed by atoms with Crippen LogP contribution < -0.4 is 20.1 Å². The molecule has 1 fully saturated rings. The fourth-order valence-corrected chi connectivity index (χ4v) is 4.63. The second-order valence-electron chi connectivity index (χ2n) is 8.94. The molecule has 0 aliphatic carbocycles. The predicted octanol–water partition coefficient (Wildman–Crippen LogP) is 4.76. The van der Waals surface area contributed by atoms with E-state index in [1.165, 1.54) is 0 Å². The monoisotopic (exact) mass is 471 g/mol. The van der Waals surface area contributed by atoms with E-state index in [9.17, 15) is 9.59 Å². The van der Waals surface area contributed by atoms with Gasteiger partial charge in [-0.1, -0.05) is 48.5 Å². The molecule has 2 aliphatic rings. The Kier molecular flexibility index (Phi) is 6.68. The Hall–Kier alpha value is -3.84. The highest BCUT2D eigenvalue weighted by molar-refractivity contribution is 5.98. The molecule has 180 valence electrons. The summed E-state index contributed by atoms with van der Waals surface area (Å²) in [5, 5.41) is 6.10. The molecule has 2 N–H and O–H groups in total. The first-order chi connectivity index (χ1) is 17.1. The van der Waals surface area contributed by atoms with Gasteiger partial charge in [0.05, 0.1) is 6.04 Å². The first-order valence-corrected chi connectivity index (χ1v) is 12.0. The third-order valence-electron chi connectivity index (χ3n) is 6.74. The smallest absolute Gasteiger partial charge is 0.241 e. The van der Waals surface area contributed by atoms with E-state index in [0.29, 0.717) is 43.1 Å². The Bertz CT molecular complexity index is 1210. The topological polar surface area (TPSA) is 79.9 Å². The molecule has 3 aromatic rings. The second kappa shape index (κ2) is 10.2. The van der Waals surface area contributed by atoms with Crippen LogP contribution in [0.4, 0.5) is 11.4 Å². The summed E-state index contributed by atoms with van der Waals surface area (Å²) in [7, 11) is 0. The van der Waals surface area contributed by atoms with E-state index in [-0.39, 0.29) is 30.6 Å². The van der Waals surface area contributed by atoms with Crippen LogP contribution in [0.2, 0.25) is 0 Å². The van der Waals surface area contributed by atoms with Gasteiger partial charge < -0.3 is 20.1 Å². The Morgan fingerprint density at radius 3 is 2.40 bits per heavy atom. The summed E-state index contributed by atoms with van der Waals surface area (Å²) >= 11 is 0. The third-order valence-corrected chi connectivity index (χ3v) is 6.74. The average Bonchev–Trinajstić information content (AvgIpc) is 3.37. The number of ether oxygens (including phenoxy) is 2. The molecule has 35 heavy (non-hydrogen) atoms. The van der Waals surface area contributed by atoms with Gasteiger partial charge in [0.2, 0.25) is 18.6 Å². The number of hydrogen-bond acceptors (Lipinski definition) is 5. The maximum atomic E-state index is 13.1. The molecule has 3 aromatic carbocycles. The summed E-state index contributed by atoms with van der Waals surface area (Å²) in [6.07, 6.45) is 1.41. The van der Waals surface area contributed by atoms with Gasteiger partial charge in [-0.2, -0.15) is 0 Å². The molecule has 0 spiro atoms. The van der Waals surface area contributed by atoms with Gasteiger partial charge in [0, 0.05) is 28.9 Å². The quantitative estimate of drug-likeness (QED) is 0.542. The van der Waals surface area contributed by atoms with Gasteiger partial charge in [-0.05, 0) is 56.6 Å². The van der Waals surface area contributed by atoms with Gasteiger partial charge in [0.15, 0.2) is 11.5 Å². The average molecular weight is 472 g/mol. The number of para-hydroxylation sites is 1. The van der Waals surface area contributed by atoms with E-state index in [1.54, 1.807) is 12.1 Å². The number of anilines is 2. The number of nitrogens with zero attached hydrogens (tertiary/aromatic N) is 1. The molecule has 0 bridgehead atoms. The molecular weight excluding hydrogens is 442 g/mol. The fourth-order valence-electron chi connectivity index (χ4n) is 4.63. The molecule has 0 radical (unpaired) electrons. The van der Waals surface area contributed by atoms with Crippen LogP contribution >= 0.6 is 0 Å². The molecule has 2 amide bonds. The van der Waals surface area contributed by atoms with Crippen LogP contribution in [-0.2, 0) is 9.59 Å². The van der Waals surface area contributed by atoms with Crippen LogP contribution in [0.15, 0.2) is 72.8 Å². The second-order valence-corrected chi connectivity index (χ2v) is 8.94. The molecule has 5 rings (SSSR count). The van der Waals surface area contributed by atoms with Crippen LogP contribution in [0, 0.1) is 5.92 Å². The normalized spacial score (nSPS) is 16.5. The minimum absolute atomic E-state index is 0.00240. The van der Waals surface area contributed by atoms with Crippen molar-refractivity contribution in [2.75, 3.05) is 30.5 Å². The Labute approximate surface area is 205 Å². The summed E-state index contributed by atoms with van der Waals surface area (Å²) in [5.74, 6) is 1.20. The summed E-state index contributed by atoms with van der Waals surface area (Å²) in [5.41, 5.74) is 3.55. The molecule has 7 heteroatoms. The van der Waals surface area contributed by atoms with Crippen molar-refractivity contribution in [3.8, 4) is 22.6 Å². The molecule has 1 saturated heterocycles. The Morgan fingerprint density at radius 2 is 1.60 bits per heavy atom. The number of fused-ring (bicyclic) bond motifs is 1. The Balaban J connectivity index is 1.16. The van der Waals surface area contributed by atoms with Crippen molar-refractivity contribution in [1.82, 2.24) is 4.90 Å². The number of carbonyl (C=O) groups excluding carboxylic acids is 2. The Morgan fingerprint density at radius 1 is 0.886 bits per heavy atom. The molecule has 0 aromatic heterocycles. The zero-order valence-electron chi connectivity index (χ0n) is 19.7. The summed E-state index contributed by atoms with van der Waals surface area (Å²) < 4.78 is 10.7. The van der Waals surface area contributed by atoms with Crippen molar-refractivity contribution in [2.24, 2.45) is 5.92 Å². The number of benzene rings is 3. The number of piperidine rings is 1. The maximum absolute atomic E-state index is 13.1. The highest BCUT2D eigenvalue weighted by Crippen LogP contribution is 2.34. The zero-order valence-corrected chi connectivity index (χ0v) is 19.7. The third kappa shape index (κ3) is 5.15. The lowest BCUT2D eigenvalue weighted by Gasteiger charge is -2.34. The number of carbonyl (C=O) groups is 2. The van der Waals surface area contributed by atoms with Crippen LogP contribution in [0.5, 0.6) is 11.5 Å². The van der Waals surface area contributed by atoms with Crippen molar-refractivity contribution in [1.29, 1.82) is 0 Å². The van der Waals surface area contributed by atoms with E-state index in [1.807, 2.05) is 67.6 Å². The summed E-state index contributed by atoms with van der Waals surface area (Å²) in [6, 6.07) is 23.0. The van der Waals surface area contributed by atoms with Gasteiger partial charge in [-0.25, -0.2) is 0 Å². The first kappa shape index (κ1) is 22.9. The van der Waals surface area contributed by atoms with Gasteiger partial charge in [0.25, 0.3) is 0 Å². The van der Waals surface area contributed by atoms with E-state index >= 15 is 0 Å². The number of likely N-dealkylation sites (tertiary alicyclic amines) is 1. The lowest BCUT2D eigenvalue weighted by Crippen LogP contribution is -2.47. The van der Waals surface area contributed by atoms with Crippen LogP contribution in [0.25, 0.3) is 11.1 Å². The fraction of sp³-hybridized carbons (Fsp3) is 0.286. The van der Waals surface area contributed by atoms with Crippen molar-refractivity contribution in [3.05, 3.63) is 72.8 Å². The SMILES string of the molecule is C[C@@H](C(=O)Nc1ccccc1-c1ccccc1)N1CCC(C(=O)Nc2ccc3c(c2)OCO3)CC1. The molecule has 2 heterocycles. The zero-order chi connectivity index (χ0) is 24.2. The van der Waals surface area contributed by atoms with Crippen molar-refractivity contribution in [2.45, 2.75) is 25.8 Å². The largest absolute Gasteiger partial charge is 0.454 e. The maximum Gasteiger partial charge on any atom is 0.241 e. The van der Waals surface area contributed by atoms with Gasteiger partial charge >= 0.3 is 0 Å². The van der Waals surface area contributed by atoms with Gasteiger partial charge in [0.1, 0.15) is 0 Å². The van der Waals surface area contributed by atoms with Gasteiger partial charge in [-0.15, -0.1) is 0 Å². The summed E-state index contributed by atoms with van der Waals surface area (Å²) in [4.78, 5) is 28.0. The van der Waals surface area contributed by atoms with Crippen LogP contribution in [-0.4, -0.2) is 42.6 Å². The number of nitrogens with one attached hydrogen (secondary N) is 2. The number of hydrogen-bond donors (Lipinski definition) is 2. The highest BCUT2D eigenvalue weighted by atomic mass is 16.7. The number of rotatable bonds is 6. The van der Waals surface area contributed by atoms with E-state index in [0.717, 1.165) is 16.8 Å². The number of amides is 2. The first-order valence-electron chi connectivity index (χ1n) is 12.0. The minimum Gasteiger partial charge on any atom is -0.454 e. The molecule has 2 aliphatic heterocycles. The highest BCUT2D eigenvalue weighted by Gasteiger charge is 2.30. The molecule has 0 unspecified atom stereocenters. The molecule has 1 atom stereocenters. The van der Waals surface area contributed by atoms with E-state index in [2.05, 4.69) is 15.5 Å². The molecular formula is C28H29N3O4. The summed E-state index contributed by atoms with van der Waals surface area (Å²) in [6.45, 7) is 3.50. The lowest BCUT2D eigenvalue weighted by atomic mass is 9.94. The molecule has 7 nitrogen and oxygen atoms in total. The molecule has 0 saturated carbocycles. The van der Waals surface area contributed by atoms with Crippen molar-refractivity contribution in [3.63, 3.8) is 0 Å². The van der Waals surface area contributed by atoms with Crippen LogP contribution in [0.1, 0.15) is 19.8 Å².